The van der Waals surface area contributed by atoms with E-state index in [-0.39, 0.29) is 11.2 Å². The second-order valence-electron chi connectivity index (χ2n) is 5.12. The number of hydrogen-bond acceptors (Lipinski definition) is 2. The van der Waals surface area contributed by atoms with Gasteiger partial charge in [0.15, 0.2) is 0 Å². The van der Waals surface area contributed by atoms with Crippen molar-refractivity contribution in [3.05, 3.63) is 28.8 Å². The highest BCUT2D eigenvalue weighted by atomic mass is 16.3. The minimum atomic E-state index is -0.632. The van der Waals surface area contributed by atoms with Gasteiger partial charge in [-0.25, -0.2) is 0 Å². The van der Waals surface area contributed by atoms with E-state index in [2.05, 4.69) is 0 Å². The van der Waals surface area contributed by atoms with Crippen LogP contribution in [0.15, 0.2) is 12.1 Å². The molecule has 0 fully saturated rings. The van der Waals surface area contributed by atoms with Crippen molar-refractivity contribution in [1.82, 2.24) is 0 Å². The predicted octanol–water partition coefficient (Wildman–Crippen LogP) is 3.05. The van der Waals surface area contributed by atoms with Crippen LogP contribution in [0.25, 0.3) is 0 Å². The van der Waals surface area contributed by atoms with E-state index in [9.17, 15) is 10.2 Å². The summed E-state index contributed by atoms with van der Waals surface area (Å²) in [5.74, 6) is 0.234. The van der Waals surface area contributed by atoms with E-state index >= 15 is 0 Å². The van der Waals surface area contributed by atoms with Crippen molar-refractivity contribution >= 4 is 0 Å². The van der Waals surface area contributed by atoms with E-state index in [0.29, 0.717) is 5.56 Å². The Bertz CT molecular complexity index is 360. The molecule has 0 bridgehead atoms. The van der Waals surface area contributed by atoms with Gasteiger partial charge in [0.1, 0.15) is 5.75 Å². The number of phenolic OH excluding ortho intramolecular Hbond substituents is 1. The van der Waals surface area contributed by atoms with Crippen LogP contribution in [0.5, 0.6) is 5.75 Å². The molecule has 0 aliphatic carbocycles. The average molecular weight is 208 g/mol. The summed E-state index contributed by atoms with van der Waals surface area (Å²) in [5.41, 5.74) is 2.34. The number of hydrogen-bond donors (Lipinski definition) is 2. The highest BCUT2D eigenvalue weighted by Crippen LogP contribution is 2.37. The van der Waals surface area contributed by atoms with Crippen LogP contribution in [-0.4, -0.2) is 10.2 Å². The first-order valence-corrected chi connectivity index (χ1v) is 5.26. The molecule has 0 saturated carbocycles. The molecule has 0 heterocycles. The van der Waals surface area contributed by atoms with Crippen molar-refractivity contribution in [2.45, 2.75) is 46.1 Å². The Morgan fingerprint density at radius 3 is 2.13 bits per heavy atom. The molecule has 1 rings (SSSR count). The number of benzene rings is 1. The SMILES string of the molecule is Cc1ccc(C(C)(C)C)c(O)c1C(C)O. The molecule has 0 aliphatic heterocycles. The molecule has 0 spiro atoms. The molecule has 1 aromatic carbocycles. The van der Waals surface area contributed by atoms with Gasteiger partial charge in [-0.15, -0.1) is 0 Å². The van der Waals surface area contributed by atoms with Crippen LogP contribution in [-0.2, 0) is 5.41 Å². The lowest BCUT2D eigenvalue weighted by atomic mass is 9.83. The number of aromatic hydroxyl groups is 1. The molecule has 1 aromatic rings. The Hall–Kier alpha value is -1.02. The van der Waals surface area contributed by atoms with Crippen molar-refractivity contribution in [3.8, 4) is 5.75 Å². The van der Waals surface area contributed by atoms with E-state index in [1.807, 2.05) is 39.8 Å². The quantitative estimate of drug-likeness (QED) is 0.744. The molecule has 2 N–H and O–H groups in total. The van der Waals surface area contributed by atoms with Gasteiger partial charge in [-0.1, -0.05) is 32.9 Å². The van der Waals surface area contributed by atoms with Crippen molar-refractivity contribution < 1.29 is 10.2 Å². The first-order valence-electron chi connectivity index (χ1n) is 5.26. The maximum Gasteiger partial charge on any atom is 0.125 e. The van der Waals surface area contributed by atoms with E-state index in [4.69, 9.17) is 0 Å². The molecular formula is C13H20O2. The van der Waals surface area contributed by atoms with Crippen LogP contribution in [0.4, 0.5) is 0 Å². The smallest absolute Gasteiger partial charge is 0.125 e. The lowest BCUT2D eigenvalue weighted by Crippen LogP contribution is -2.13. The molecule has 2 nitrogen and oxygen atoms in total. The standard InChI is InChI=1S/C13H20O2/c1-8-6-7-10(13(3,4)5)12(15)11(8)9(2)14/h6-7,9,14-15H,1-5H3. The van der Waals surface area contributed by atoms with Gasteiger partial charge in [0.2, 0.25) is 0 Å². The Kier molecular flexibility index (Phi) is 3.10. The van der Waals surface area contributed by atoms with Crippen molar-refractivity contribution in [3.63, 3.8) is 0 Å². The molecule has 0 aromatic heterocycles. The van der Waals surface area contributed by atoms with Crippen molar-refractivity contribution in [2.24, 2.45) is 0 Å². The largest absolute Gasteiger partial charge is 0.507 e. The summed E-state index contributed by atoms with van der Waals surface area (Å²) < 4.78 is 0. The third-order valence-corrected chi connectivity index (χ3v) is 2.66. The normalized spacial score (nSPS) is 14.0. The molecule has 2 heteroatoms. The fraction of sp³-hybridized carbons (Fsp3) is 0.538. The van der Waals surface area contributed by atoms with Gasteiger partial charge in [0, 0.05) is 5.56 Å². The predicted molar refractivity (Wildman–Crippen MR) is 62.2 cm³/mol. The summed E-state index contributed by atoms with van der Waals surface area (Å²) in [4.78, 5) is 0. The maximum atomic E-state index is 10.1. The second kappa shape index (κ2) is 3.86. The van der Waals surface area contributed by atoms with Crippen LogP contribution >= 0.6 is 0 Å². The Morgan fingerprint density at radius 1 is 1.20 bits per heavy atom. The Balaban J connectivity index is 3.42. The van der Waals surface area contributed by atoms with E-state index in [1.54, 1.807) is 6.92 Å². The van der Waals surface area contributed by atoms with Gasteiger partial charge >= 0.3 is 0 Å². The van der Waals surface area contributed by atoms with E-state index in [0.717, 1.165) is 11.1 Å². The van der Waals surface area contributed by atoms with Crippen LogP contribution in [0.1, 0.15) is 50.5 Å². The molecule has 0 aliphatic rings. The zero-order valence-electron chi connectivity index (χ0n) is 10.1. The maximum absolute atomic E-state index is 10.1. The minimum Gasteiger partial charge on any atom is -0.507 e. The third kappa shape index (κ3) is 2.32. The van der Waals surface area contributed by atoms with Crippen molar-refractivity contribution in [2.75, 3.05) is 0 Å². The van der Waals surface area contributed by atoms with Gasteiger partial charge in [-0.2, -0.15) is 0 Å². The molecule has 15 heavy (non-hydrogen) atoms. The second-order valence-corrected chi connectivity index (χ2v) is 5.12. The van der Waals surface area contributed by atoms with Crippen LogP contribution in [0.3, 0.4) is 0 Å². The van der Waals surface area contributed by atoms with Crippen molar-refractivity contribution in [1.29, 1.82) is 0 Å². The fourth-order valence-corrected chi connectivity index (χ4v) is 1.84. The summed E-state index contributed by atoms with van der Waals surface area (Å²) >= 11 is 0. The van der Waals surface area contributed by atoms with Gasteiger partial charge in [0.25, 0.3) is 0 Å². The third-order valence-electron chi connectivity index (χ3n) is 2.66. The molecule has 0 amide bonds. The number of phenols is 1. The van der Waals surface area contributed by atoms with Gasteiger partial charge in [-0.3, -0.25) is 0 Å². The molecule has 84 valence electrons. The monoisotopic (exact) mass is 208 g/mol. The summed E-state index contributed by atoms with van der Waals surface area (Å²) in [6.07, 6.45) is -0.632. The molecule has 0 saturated heterocycles. The highest BCUT2D eigenvalue weighted by Gasteiger charge is 2.22. The summed E-state index contributed by atoms with van der Waals surface area (Å²) in [5, 5.41) is 19.7. The summed E-state index contributed by atoms with van der Waals surface area (Å²) in [6.45, 7) is 9.71. The van der Waals surface area contributed by atoms with Crippen LogP contribution in [0, 0.1) is 6.92 Å². The zero-order valence-corrected chi connectivity index (χ0v) is 10.1. The topological polar surface area (TPSA) is 40.5 Å². The Morgan fingerprint density at radius 2 is 1.73 bits per heavy atom. The number of aliphatic hydroxyl groups is 1. The first kappa shape index (κ1) is 12.1. The molecule has 1 unspecified atom stereocenters. The number of aliphatic hydroxyl groups excluding tert-OH is 1. The van der Waals surface area contributed by atoms with Crippen LogP contribution < -0.4 is 0 Å². The number of aryl methyl sites for hydroxylation is 1. The van der Waals surface area contributed by atoms with E-state index in [1.165, 1.54) is 0 Å². The number of rotatable bonds is 1. The average Bonchev–Trinajstić information content (AvgIpc) is 2.00. The van der Waals surface area contributed by atoms with E-state index < -0.39 is 6.10 Å². The summed E-state index contributed by atoms with van der Waals surface area (Å²) in [7, 11) is 0. The van der Waals surface area contributed by atoms with Gasteiger partial charge in [-0.05, 0) is 30.4 Å². The minimum absolute atomic E-state index is 0.110. The lowest BCUT2D eigenvalue weighted by Gasteiger charge is -2.23. The lowest BCUT2D eigenvalue weighted by molar-refractivity contribution is 0.193. The molecule has 1 atom stereocenters. The van der Waals surface area contributed by atoms with Gasteiger partial charge in [0.05, 0.1) is 6.10 Å². The molecule has 0 radical (unpaired) electrons. The highest BCUT2D eigenvalue weighted by molar-refractivity contribution is 5.48. The fourth-order valence-electron chi connectivity index (χ4n) is 1.84. The molecular weight excluding hydrogens is 188 g/mol. The van der Waals surface area contributed by atoms with Gasteiger partial charge < -0.3 is 10.2 Å². The summed E-state index contributed by atoms with van der Waals surface area (Å²) in [6, 6.07) is 3.87. The van der Waals surface area contributed by atoms with Crippen LogP contribution in [0.2, 0.25) is 0 Å². The Labute approximate surface area is 91.6 Å². The zero-order chi connectivity index (χ0) is 11.8. The first-order chi connectivity index (χ1) is 6.75.